The quantitative estimate of drug-likeness (QED) is 0.736. The lowest BCUT2D eigenvalue weighted by Crippen LogP contribution is -2.42. The first-order valence-corrected chi connectivity index (χ1v) is 8.63. The largest absolute Gasteiger partial charge is 0.465 e. The first-order valence-electron chi connectivity index (χ1n) is 8.63. The SMILES string of the molecule is CCOC(=O)CNC(=O)CN1CCC(c2nnc(C3CC3)o2)CC1. The summed E-state index contributed by atoms with van der Waals surface area (Å²) in [6.07, 6.45) is 4.11. The average molecular weight is 336 g/mol. The van der Waals surface area contributed by atoms with Crippen LogP contribution in [-0.4, -0.2) is 59.8 Å². The van der Waals surface area contributed by atoms with E-state index in [9.17, 15) is 9.59 Å². The third-order valence-corrected chi connectivity index (χ3v) is 4.42. The number of aromatic nitrogens is 2. The number of esters is 1. The van der Waals surface area contributed by atoms with Crippen molar-refractivity contribution in [2.45, 2.75) is 44.4 Å². The molecule has 1 amide bonds. The molecular weight excluding hydrogens is 312 g/mol. The highest BCUT2D eigenvalue weighted by Gasteiger charge is 2.31. The van der Waals surface area contributed by atoms with Gasteiger partial charge in [-0.25, -0.2) is 0 Å². The van der Waals surface area contributed by atoms with Crippen LogP contribution in [0.4, 0.5) is 0 Å². The summed E-state index contributed by atoms with van der Waals surface area (Å²) in [5.41, 5.74) is 0. The molecule has 132 valence electrons. The molecule has 2 aliphatic rings. The van der Waals surface area contributed by atoms with Gasteiger partial charge in [-0.1, -0.05) is 0 Å². The van der Waals surface area contributed by atoms with Gasteiger partial charge in [-0.2, -0.15) is 0 Å². The molecule has 1 aliphatic carbocycles. The maximum Gasteiger partial charge on any atom is 0.325 e. The molecule has 0 bridgehead atoms. The summed E-state index contributed by atoms with van der Waals surface area (Å²) in [6, 6.07) is 0. The van der Waals surface area contributed by atoms with Crippen molar-refractivity contribution < 1.29 is 18.7 Å². The van der Waals surface area contributed by atoms with Gasteiger partial charge in [0, 0.05) is 11.8 Å². The molecule has 1 aromatic heterocycles. The maximum atomic E-state index is 11.9. The van der Waals surface area contributed by atoms with Crippen molar-refractivity contribution in [3.05, 3.63) is 11.8 Å². The monoisotopic (exact) mass is 336 g/mol. The number of likely N-dealkylation sites (tertiary alicyclic amines) is 1. The second kappa shape index (κ2) is 7.74. The minimum Gasteiger partial charge on any atom is -0.465 e. The molecule has 0 unspecified atom stereocenters. The number of carbonyl (C=O) groups is 2. The Hall–Kier alpha value is -1.96. The van der Waals surface area contributed by atoms with Gasteiger partial charge in [0.05, 0.1) is 13.2 Å². The van der Waals surface area contributed by atoms with E-state index in [1.807, 2.05) is 0 Å². The molecule has 0 spiro atoms. The normalized spacial score (nSPS) is 19.2. The Balaban J connectivity index is 1.38. The van der Waals surface area contributed by atoms with Crippen LogP contribution in [0.5, 0.6) is 0 Å². The van der Waals surface area contributed by atoms with E-state index in [1.54, 1.807) is 6.92 Å². The zero-order valence-corrected chi connectivity index (χ0v) is 14.0. The van der Waals surface area contributed by atoms with E-state index in [4.69, 9.17) is 9.15 Å². The Kier molecular flexibility index (Phi) is 5.44. The molecule has 0 aromatic carbocycles. The molecule has 8 nitrogen and oxygen atoms in total. The number of hydrogen-bond acceptors (Lipinski definition) is 7. The molecule has 0 atom stereocenters. The Bertz CT molecular complexity index is 576. The third kappa shape index (κ3) is 4.53. The van der Waals surface area contributed by atoms with Crippen molar-refractivity contribution >= 4 is 11.9 Å². The maximum absolute atomic E-state index is 11.9. The number of piperidine rings is 1. The van der Waals surface area contributed by atoms with E-state index in [-0.39, 0.29) is 18.4 Å². The second-order valence-corrected chi connectivity index (χ2v) is 6.38. The summed E-state index contributed by atoms with van der Waals surface area (Å²) in [7, 11) is 0. The van der Waals surface area contributed by atoms with E-state index in [0.29, 0.717) is 19.1 Å². The molecule has 1 saturated heterocycles. The van der Waals surface area contributed by atoms with Crippen LogP contribution >= 0.6 is 0 Å². The van der Waals surface area contributed by atoms with Gasteiger partial charge in [0.1, 0.15) is 6.54 Å². The predicted molar refractivity (Wildman–Crippen MR) is 84.3 cm³/mol. The van der Waals surface area contributed by atoms with Crippen molar-refractivity contribution in [3.63, 3.8) is 0 Å². The molecule has 3 rings (SSSR count). The highest BCUT2D eigenvalue weighted by molar-refractivity contribution is 5.83. The third-order valence-electron chi connectivity index (χ3n) is 4.42. The molecule has 1 N–H and O–H groups in total. The molecule has 1 aliphatic heterocycles. The van der Waals surface area contributed by atoms with Gasteiger partial charge in [0.25, 0.3) is 0 Å². The average Bonchev–Trinajstić information content (AvgIpc) is 3.31. The first kappa shape index (κ1) is 16.9. The predicted octanol–water partition coefficient (Wildman–Crippen LogP) is 0.806. The van der Waals surface area contributed by atoms with E-state index < -0.39 is 5.97 Å². The van der Waals surface area contributed by atoms with Crippen molar-refractivity contribution in [2.24, 2.45) is 0 Å². The number of carbonyl (C=O) groups excluding carboxylic acids is 2. The van der Waals surface area contributed by atoms with Crippen molar-refractivity contribution in [2.75, 3.05) is 32.8 Å². The zero-order chi connectivity index (χ0) is 16.9. The summed E-state index contributed by atoms with van der Waals surface area (Å²) < 4.78 is 10.6. The smallest absolute Gasteiger partial charge is 0.325 e. The standard InChI is InChI=1S/C16H24N4O4/c1-2-23-14(22)9-17-13(21)10-20-7-5-12(6-8-20)16-19-18-15(24-16)11-3-4-11/h11-12H,2-10H2,1H3,(H,17,21). The van der Waals surface area contributed by atoms with Crippen LogP contribution in [0.25, 0.3) is 0 Å². The van der Waals surface area contributed by atoms with E-state index in [0.717, 1.165) is 50.6 Å². The van der Waals surface area contributed by atoms with Gasteiger partial charge in [0.2, 0.25) is 17.7 Å². The van der Waals surface area contributed by atoms with Crippen LogP contribution < -0.4 is 5.32 Å². The number of nitrogens with one attached hydrogen (secondary N) is 1. The molecule has 2 fully saturated rings. The van der Waals surface area contributed by atoms with Crippen LogP contribution in [0.1, 0.15) is 56.2 Å². The first-order chi connectivity index (χ1) is 11.7. The van der Waals surface area contributed by atoms with Crippen molar-refractivity contribution in [3.8, 4) is 0 Å². The van der Waals surface area contributed by atoms with Crippen LogP contribution in [0.15, 0.2) is 4.42 Å². The zero-order valence-electron chi connectivity index (χ0n) is 14.0. The van der Waals surface area contributed by atoms with Crippen molar-refractivity contribution in [1.29, 1.82) is 0 Å². The number of ether oxygens (including phenoxy) is 1. The molecule has 24 heavy (non-hydrogen) atoms. The van der Waals surface area contributed by atoms with E-state index in [1.165, 1.54) is 0 Å². The lowest BCUT2D eigenvalue weighted by Gasteiger charge is -2.29. The van der Waals surface area contributed by atoms with Crippen LogP contribution in [-0.2, 0) is 14.3 Å². The minimum absolute atomic E-state index is 0.0743. The highest BCUT2D eigenvalue weighted by Crippen LogP contribution is 2.40. The summed E-state index contributed by atoms with van der Waals surface area (Å²) in [5.74, 6) is 1.72. The number of nitrogens with zero attached hydrogens (tertiary/aromatic N) is 3. The van der Waals surface area contributed by atoms with Crippen LogP contribution in [0.2, 0.25) is 0 Å². The summed E-state index contributed by atoms with van der Waals surface area (Å²) in [4.78, 5) is 25.2. The Morgan fingerprint density at radius 2 is 1.79 bits per heavy atom. The van der Waals surface area contributed by atoms with Gasteiger partial charge in [0.15, 0.2) is 0 Å². The lowest BCUT2D eigenvalue weighted by atomic mass is 9.97. The van der Waals surface area contributed by atoms with Gasteiger partial charge in [-0.15, -0.1) is 10.2 Å². The van der Waals surface area contributed by atoms with Gasteiger partial charge in [-0.05, 0) is 45.7 Å². The number of hydrogen-bond donors (Lipinski definition) is 1. The molecule has 1 saturated carbocycles. The Morgan fingerprint density at radius 1 is 1.17 bits per heavy atom. The summed E-state index contributed by atoms with van der Waals surface area (Å²) in [5, 5.41) is 10.9. The fourth-order valence-corrected chi connectivity index (χ4v) is 2.89. The molecular formula is C16H24N4O4. The number of amides is 1. The second-order valence-electron chi connectivity index (χ2n) is 6.38. The minimum atomic E-state index is -0.410. The lowest BCUT2D eigenvalue weighted by molar-refractivity contribution is -0.143. The van der Waals surface area contributed by atoms with Gasteiger partial charge < -0.3 is 14.5 Å². The number of rotatable bonds is 7. The topological polar surface area (TPSA) is 97.6 Å². The molecule has 2 heterocycles. The molecule has 0 radical (unpaired) electrons. The van der Waals surface area contributed by atoms with Crippen LogP contribution in [0.3, 0.4) is 0 Å². The highest BCUT2D eigenvalue weighted by atomic mass is 16.5. The van der Waals surface area contributed by atoms with Gasteiger partial charge >= 0.3 is 5.97 Å². The van der Waals surface area contributed by atoms with E-state index in [2.05, 4.69) is 20.4 Å². The fraction of sp³-hybridized carbons (Fsp3) is 0.750. The summed E-state index contributed by atoms with van der Waals surface area (Å²) in [6.45, 7) is 3.89. The fourth-order valence-electron chi connectivity index (χ4n) is 2.89. The Labute approximate surface area is 140 Å². The van der Waals surface area contributed by atoms with E-state index >= 15 is 0 Å². The van der Waals surface area contributed by atoms with Crippen molar-refractivity contribution in [1.82, 2.24) is 20.4 Å². The summed E-state index contributed by atoms with van der Waals surface area (Å²) >= 11 is 0. The van der Waals surface area contributed by atoms with Gasteiger partial charge in [-0.3, -0.25) is 14.5 Å². The Morgan fingerprint density at radius 3 is 2.38 bits per heavy atom. The molecule has 1 aromatic rings. The van der Waals surface area contributed by atoms with Crippen LogP contribution in [0, 0.1) is 0 Å². The molecule has 8 heteroatoms.